The third-order valence-corrected chi connectivity index (χ3v) is 4.91. The van der Waals surface area contributed by atoms with Gasteiger partial charge in [0.2, 0.25) is 10.0 Å². The van der Waals surface area contributed by atoms with Gasteiger partial charge in [-0.05, 0) is 25.5 Å². The molecule has 0 unspecified atom stereocenters. The van der Waals surface area contributed by atoms with Gasteiger partial charge in [0.1, 0.15) is 0 Å². The third-order valence-electron chi connectivity index (χ3n) is 3.14. The van der Waals surface area contributed by atoms with Crippen LogP contribution in [-0.2, 0) is 16.6 Å². The average Bonchev–Trinajstić information content (AvgIpc) is 2.52. The van der Waals surface area contributed by atoms with E-state index in [0.29, 0.717) is 24.1 Å². The number of halogens is 2. The van der Waals surface area contributed by atoms with Crippen molar-refractivity contribution in [3.63, 3.8) is 0 Å². The topological polar surface area (TPSA) is 73.8 Å². The standard InChI is InChI=1S/C15H25ClN4O2S.HI/c1-4-17-15(18-10-11-19-23(21,22)5-2)20(3)12-13-8-6-7-9-14(13)16;/h6-9,19H,4-5,10-12H2,1-3H3,(H,17,18);1H. The van der Waals surface area contributed by atoms with Crippen molar-refractivity contribution in [2.45, 2.75) is 20.4 Å². The highest BCUT2D eigenvalue weighted by molar-refractivity contribution is 14.0. The molecule has 0 spiro atoms. The molecule has 0 atom stereocenters. The number of guanidine groups is 1. The summed E-state index contributed by atoms with van der Waals surface area (Å²) in [6.07, 6.45) is 0. The molecule has 6 nitrogen and oxygen atoms in total. The van der Waals surface area contributed by atoms with Crippen LogP contribution in [0.4, 0.5) is 0 Å². The fourth-order valence-corrected chi connectivity index (χ4v) is 2.69. The Morgan fingerprint density at radius 3 is 2.54 bits per heavy atom. The molecule has 0 amide bonds. The summed E-state index contributed by atoms with van der Waals surface area (Å²) in [6, 6.07) is 7.66. The number of nitrogens with one attached hydrogen (secondary N) is 2. The Morgan fingerprint density at radius 1 is 1.29 bits per heavy atom. The van der Waals surface area contributed by atoms with Crippen molar-refractivity contribution in [1.82, 2.24) is 14.9 Å². The van der Waals surface area contributed by atoms with Gasteiger partial charge in [0.15, 0.2) is 5.96 Å². The van der Waals surface area contributed by atoms with Gasteiger partial charge < -0.3 is 10.2 Å². The number of hydrogen-bond donors (Lipinski definition) is 2. The molecule has 0 aromatic heterocycles. The molecule has 0 aliphatic carbocycles. The lowest BCUT2D eigenvalue weighted by Gasteiger charge is -2.22. The van der Waals surface area contributed by atoms with Crippen LogP contribution >= 0.6 is 35.6 Å². The van der Waals surface area contributed by atoms with Gasteiger partial charge in [0, 0.05) is 31.7 Å². The average molecular weight is 489 g/mol. The van der Waals surface area contributed by atoms with E-state index in [2.05, 4.69) is 15.0 Å². The van der Waals surface area contributed by atoms with Crippen molar-refractivity contribution in [3.8, 4) is 0 Å². The van der Waals surface area contributed by atoms with Gasteiger partial charge in [-0.3, -0.25) is 4.99 Å². The van der Waals surface area contributed by atoms with E-state index in [1.807, 2.05) is 43.1 Å². The molecule has 0 saturated heterocycles. The van der Waals surface area contributed by atoms with E-state index in [1.165, 1.54) is 0 Å². The van der Waals surface area contributed by atoms with Crippen LogP contribution in [0.5, 0.6) is 0 Å². The molecular weight excluding hydrogens is 463 g/mol. The normalized spacial score (nSPS) is 11.8. The van der Waals surface area contributed by atoms with Gasteiger partial charge in [-0.2, -0.15) is 0 Å². The van der Waals surface area contributed by atoms with Gasteiger partial charge in [-0.1, -0.05) is 29.8 Å². The first kappa shape index (κ1) is 23.4. The summed E-state index contributed by atoms with van der Waals surface area (Å²) in [4.78, 5) is 6.40. The molecule has 2 N–H and O–H groups in total. The second-order valence-corrected chi connectivity index (χ2v) is 7.48. The van der Waals surface area contributed by atoms with Gasteiger partial charge >= 0.3 is 0 Å². The monoisotopic (exact) mass is 488 g/mol. The van der Waals surface area contributed by atoms with Crippen LogP contribution in [0.2, 0.25) is 5.02 Å². The third kappa shape index (κ3) is 8.50. The van der Waals surface area contributed by atoms with Gasteiger partial charge in [0.25, 0.3) is 0 Å². The maximum absolute atomic E-state index is 11.4. The van der Waals surface area contributed by atoms with Crippen molar-refractivity contribution >= 4 is 51.6 Å². The summed E-state index contributed by atoms with van der Waals surface area (Å²) in [6.45, 7) is 5.59. The molecule has 1 rings (SSSR count). The second kappa shape index (κ2) is 11.9. The molecule has 1 aromatic rings. The first-order valence-corrected chi connectivity index (χ1v) is 9.62. The number of sulfonamides is 1. The molecular formula is C15H26ClIN4O2S. The summed E-state index contributed by atoms with van der Waals surface area (Å²) in [5.41, 5.74) is 1.01. The molecule has 0 aliphatic rings. The molecule has 138 valence electrons. The van der Waals surface area contributed by atoms with E-state index in [1.54, 1.807) is 6.92 Å². The van der Waals surface area contributed by atoms with E-state index in [4.69, 9.17) is 11.6 Å². The molecule has 0 saturated carbocycles. The highest BCUT2D eigenvalue weighted by atomic mass is 127. The quantitative estimate of drug-likeness (QED) is 0.255. The summed E-state index contributed by atoms with van der Waals surface area (Å²) < 4.78 is 25.3. The Balaban J connectivity index is 0.00000529. The van der Waals surface area contributed by atoms with Crippen LogP contribution in [0.1, 0.15) is 19.4 Å². The SMILES string of the molecule is CCNC(=NCCNS(=O)(=O)CC)N(C)Cc1ccccc1Cl.I. The Morgan fingerprint density at radius 2 is 1.96 bits per heavy atom. The first-order chi connectivity index (χ1) is 10.9. The predicted octanol–water partition coefficient (Wildman–Crippen LogP) is 2.29. The first-order valence-electron chi connectivity index (χ1n) is 7.59. The number of aliphatic imine (C=N–C) groups is 1. The maximum atomic E-state index is 11.4. The second-order valence-electron chi connectivity index (χ2n) is 4.98. The van der Waals surface area contributed by atoms with Crippen molar-refractivity contribution in [1.29, 1.82) is 0 Å². The van der Waals surface area contributed by atoms with Crippen LogP contribution in [0.3, 0.4) is 0 Å². The van der Waals surface area contributed by atoms with Crippen molar-refractivity contribution < 1.29 is 8.42 Å². The highest BCUT2D eigenvalue weighted by Gasteiger charge is 2.09. The Kier molecular flexibility index (Phi) is 11.6. The van der Waals surface area contributed by atoms with Gasteiger partial charge in [-0.15, -0.1) is 24.0 Å². The minimum absolute atomic E-state index is 0. The molecule has 0 bridgehead atoms. The smallest absolute Gasteiger partial charge is 0.211 e. The largest absolute Gasteiger partial charge is 0.357 e. The van der Waals surface area contributed by atoms with E-state index in [0.717, 1.165) is 12.1 Å². The van der Waals surface area contributed by atoms with E-state index in [-0.39, 0.29) is 36.3 Å². The molecule has 1 aromatic carbocycles. The molecule has 9 heteroatoms. The number of hydrogen-bond acceptors (Lipinski definition) is 3. The number of benzene rings is 1. The van der Waals surface area contributed by atoms with E-state index >= 15 is 0 Å². The lowest BCUT2D eigenvalue weighted by atomic mass is 10.2. The minimum Gasteiger partial charge on any atom is -0.357 e. The summed E-state index contributed by atoms with van der Waals surface area (Å²) >= 11 is 6.18. The van der Waals surface area contributed by atoms with Crippen LogP contribution < -0.4 is 10.0 Å². The van der Waals surface area contributed by atoms with E-state index < -0.39 is 10.0 Å². The van der Waals surface area contributed by atoms with Gasteiger partial charge in [0.05, 0.1) is 12.3 Å². The zero-order valence-electron chi connectivity index (χ0n) is 14.3. The van der Waals surface area contributed by atoms with Crippen molar-refractivity contribution in [2.24, 2.45) is 4.99 Å². The molecule has 0 heterocycles. The Hall–Kier alpha value is -0.580. The Labute approximate surface area is 167 Å². The van der Waals surface area contributed by atoms with Crippen LogP contribution in [-0.4, -0.2) is 51.7 Å². The van der Waals surface area contributed by atoms with Gasteiger partial charge in [-0.25, -0.2) is 13.1 Å². The maximum Gasteiger partial charge on any atom is 0.211 e. The molecule has 24 heavy (non-hydrogen) atoms. The highest BCUT2D eigenvalue weighted by Crippen LogP contribution is 2.16. The zero-order valence-corrected chi connectivity index (χ0v) is 18.2. The molecule has 0 aliphatic heterocycles. The number of rotatable bonds is 8. The predicted molar refractivity (Wildman–Crippen MR) is 112 cm³/mol. The molecule has 0 radical (unpaired) electrons. The summed E-state index contributed by atoms with van der Waals surface area (Å²) in [5.74, 6) is 0.784. The van der Waals surface area contributed by atoms with Crippen molar-refractivity contribution in [2.75, 3.05) is 32.4 Å². The lowest BCUT2D eigenvalue weighted by molar-refractivity contribution is 0.477. The van der Waals surface area contributed by atoms with Crippen LogP contribution in [0, 0.1) is 0 Å². The van der Waals surface area contributed by atoms with Crippen LogP contribution in [0.15, 0.2) is 29.3 Å². The van der Waals surface area contributed by atoms with Crippen molar-refractivity contribution in [3.05, 3.63) is 34.9 Å². The lowest BCUT2D eigenvalue weighted by Crippen LogP contribution is -2.39. The summed E-state index contributed by atoms with van der Waals surface area (Å²) in [5, 5.41) is 3.90. The van der Waals surface area contributed by atoms with Crippen LogP contribution in [0.25, 0.3) is 0 Å². The van der Waals surface area contributed by atoms with E-state index in [9.17, 15) is 8.42 Å². The number of nitrogens with zero attached hydrogens (tertiary/aromatic N) is 2. The minimum atomic E-state index is -3.17. The zero-order chi connectivity index (χ0) is 17.3. The molecule has 0 fully saturated rings. The Bertz CT molecular complexity index is 626. The summed E-state index contributed by atoms with van der Waals surface area (Å²) in [7, 11) is -1.26. The fourth-order valence-electron chi connectivity index (χ4n) is 1.89. The fraction of sp³-hybridized carbons (Fsp3) is 0.533.